The van der Waals surface area contributed by atoms with Crippen LogP contribution >= 0.6 is 0 Å². The van der Waals surface area contributed by atoms with E-state index in [4.69, 9.17) is 38.9 Å². The fourth-order valence-electron chi connectivity index (χ4n) is 3.23. The quantitative estimate of drug-likeness (QED) is 0.325. The lowest BCUT2D eigenvalue weighted by Gasteiger charge is -2.46. The number of carbonyl (C=O) groups excluding carboxylic acids is 5. The largest absolute Gasteiger partial charge is 0.465 e. The van der Waals surface area contributed by atoms with Gasteiger partial charge in [-0.2, -0.15) is 0 Å². The van der Waals surface area contributed by atoms with Crippen molar-refractivity contribution in [2.75, 3.05) is 20.8 Å². The first kappa shape index (κ1) is 27.3. The molecule has 6 atom stereocenters. The Morgan fingerprint density at radius 1 is 0.969 bits per heavy atom. The summed E-state index contributed by atoms with van der Waals surface area (Å²) in [7, 11) is 2.24. The molecule has 182 valence electrons. The molecule has 1 rings (SSSR count). The average molecular weight is 463 g/mol. The van der Waals surface area contributed by atoms with Crippen LogP contribution in [0.5, 0.6) is 0 Å². The molecule has 1 saturated heterocycles. The summed E-state index contributed by atoms with van der Waals surface area (Å²) in [5, 5.41) is 0. The zero-order valence-electron chi connectivity index (χ0n) is 18.8. The maximum Gasteiger partial charge on any atom is 0.366 e. The molecule has 0 amide bonds. The Hall–Kier alpha value is -2.77. The van der Waals surface area contributed by atoms with Gasteiger partial charge in [0.15, 0.2) is 12.2 Å². The van der Waals surface area contributed by atoms with Gasteiger partial charge in [0.1, 0.15) is 18.8 Å². The van der Waals surface area contributed by atoms with Gasteiger partial charge in [0, 0.05) is 34.8 Å². The third kappa shape index (κ3) is 7.14. The first-order chi connectivity index (χ1) is 14.9. The van der Waals surface area contributed by atoms with Gasteiger partial charge in [0.2, 0.25) is 0 Å². The maximum atomic E-state index is 12.5. The minimum absolute atomic E-state index is 0.331. The number of hydrogen-bond donors (Lipinski definition) is 1. The fraction of sp³-hybridized carbons (Fsp3) is 0.737. The molecule has 0 bridgehead atoms. The van der Waals surface area contributed by atoms with Gasteiger partial charge >= 0.3 is 29.8 Å². The summed E-state index contributed by atoms with van der Waals surface area (Å²) in [6, 6.07) is -1.17. The van der Waals surface area contributed by atoms with E-state index in [0.29, 0.717) is 0 Å². The molecule has 13 nitrogen and oxygen atoms in total. The Balaban J connectivity index is 3.50. The predicted molar refractivity (Wildman–Crippen MR) is 103 cm³/mol. The summed E-state index contributed by atoms with van der Waals surface area (Å²) in [6.45, 7) is 3.90. The molecular weight excluding hydrogens is 434 g/mol. The summed E-state index contributed by atoms with van der Waals surface area (Å²) in [5.41, 5.74) is 6.24. The lowest BCUT2D eigenvalue weighted by Crippen LogP contribution is -2.67. The molecule has 0 aromatic rings. The second-order valence-corrected chi connectivity index (χ2v) is 6.98. The van der Waals surface area contributed by atoms with Crippen molar-refractivity contribution >= 4 is 29.8 Å². The van der Waals surface area contributed by atoms with E-state index in [1.54, 1.807) is 0 Å². The topological polar surface area (TPSA) is 176 Å². The number of nitrogens with two attached hydrogens (primary N) is 1. The standard InChI is InChI=1S/C19H29NO12/c1-9(21)28-8-14(30-11(3)23)16(31-12(4)24)17-15(20)13(29-10(2)22)7-19(27-6,32-17)18(25)26-5/h13-17H,7-8,20H2,1-6H3/t13-,14+,15+,16+,17+,19+/m0/s1. The van der Waals surface area contributed by atoms with Gasteiger partial charge in [0.25, 0.3) is 5.79 Å². The number of ether oxygens (including phenoxy) is 7. The summed E-state index contributed by atoms with van der Waals surface area (Å²) in [5.74, 6) is -6.07. The van der Waals surface area contributed by atoms with Crippen molar-refractivity contribution < 1.29 is 57.1 Å². The van der Waals surface area contributed by atoms with E-state index in [-0.39, 0.29) is 6.42 Å². The number of esters is 5. The predicted octanol–water partition coefficient (Wildman–Crippen LogP) is -1.02. The maximum absolute atomic E-state index is 12.5. The zero-order valence-corrected chi connectivity index (χ0v) is 18.8. The number of hydrogen-bond acceptors (Lipinski definition) is 13. The SMILES string of the molecule is COC(=O)[C@@]1(OC)C[C@H](OC(C)=O)[C@@H](N)[C@H]([C@H](OC(C)=O)[C@@H](COC(C)=O)OC(C)=O)O1. The molecule has 0 unspecified atom stereocenters. The molecule has 0 aromatic heterocycles. The van der Waals surface area contributed by atoms with E-state index in [9.17, 15) is 24.0 Å². The van der Waals surface area contributed by atoms with E-state index in [2.05, 4.69) is 0 Å². The van der Waals surface area contributed by atoms with Crippen molar-refractivity contribution in [3.63, 3.8) is 0 Å². The third-order valence-corrected chi connectivity index (χ3v) is 4.51. The average Bonchev–Trinajstić information content (AvgIpc) is 2.69. The highest BCUT2D eigenvalue weighted by atomic mass is 16.7. The van der Waals surface area contributed by atoms with Crippen LogP contribution in [0.25, 0.3) is 0 Å². The highest BCUT2D eigenvalue weighted by molar-refractivity contribution is 5.78. The van der Waals surface area contributed by atoms with Gasteiger partial charge in [-0.15, -0.1) is 0 Å². The Kier molecular flexibility index (Phi) is 10.0. The second-order valence-electron chi connectivity index (χ2n) is 6.98. The van der Waals surface area contributed by atoms with Crippen LogP contribution in [0.1, 0.15) is 34.1 Å². The van der Waals surface area contributed by atoms with Crippen LogP contribution in [0.2, 0.25) is 0 Å². The van der Waals surface area contributed by atoms with Gasteiger partial charge < -0.3 is 38.9 Å². The second kappa shape index (κ2) is 11.7. The van der Waals surface area contributed by atoms with E-state index in [0.717, 1.165) is 41.9 Å². The molecular formula is C19H29NO12. The lowest BCUT2D eigenvalue weighted by atomic mass is 9.88. The van der Waals surface area contributed by atoms with Crippen LogP contribution in [-0.4, -0.2) is 86.9 Å². The molecule has 1 aliphatic rings. The smallest absolute Gasteiger partial charge is 0.366 e. The number of rotatable bonds is 9. The van der Waals surface area contributed by atoms with Crippen molar-refractivity contribution in [1.29, 1.82) is 0 Å². The van der Waals surface area contributed by atoms with Gasteiger partial charge in [-0.1, -0.05) is 0 Å². The lowest BCUT2D eigenvalue weighted by molar-refractivity contribution is -0.305. The Morgan fingerprint density at radius 2 is 1.56 bits per heavy atom. The first-order valence-corrected chi connectivity index (χ1v) is 9.58. The van der Waals surface area contributed by atoms with Crippen molar-refractivity contribution in [3.05, 3.63) is 0 Å². The fourth-order valence-corrected chi connectivity index (χ4v) is 3.23. The van der Waals surface area contributed by atoms with Gasteiger partial charge in [-0.25, -0.2) is 4.79 Å². The minimum Gasteiger partial charge on any atom is -0.465 e. The normalized spacial score (nSPS) is 26.8. The van der Waals surface area contributed by atoms with E-state index >= 15 is 0 Å². The van der Waals surface area contributed by atoms with Crippen LogP contribution in [0.3, 0.4) is 0 Å². The highest BCUT2D eigenvalue weighted by Gasteiger charge is 2.57. The highest BCUT2D eigenvalue weighted by Crippen LogP contribution is 2.35. The van der Waals surface area contributed by atoms with Crippen molar-refractivity contribution in [2.45, 2.75) is 70.4 Å². The third-order valence-electron chi connectivity index (χ3n) is 4.51. The molecule has 1 heterocycles. The summed E-state index contributed by atoms with van der Waals surface area (Å²) < 4.78 is 36.5. The Morgan fingerprint density at radius 3 is 2.00 bits per heavy atom. The molecule has 0 radical (unpaired) electrons. The van der Waals surface area contributed by atoms with Crippen molar-refractivity contribution in [1.82, 2.24) is 0 Å². The minimum atomic E-state index is -2.09. The first-order valence-electron chi connectivity index (χ1n) is 9.58. The van der Waals surface area contributed by atoms with Gasteiger partial charge in [-0.3, -0.25) is 19.2 Å². The van der Waals surface area contributed by atoms with Gasteiger partial charge in [0.05, 0.1) is 19.6 Å². The van der Waals surface area contributed by atoms with Crippen LogP contribution in [0, 0.1) is 0 Å². The van der Waals surface area contributed by atoms with E-state index in [1.165, 1.54) is 0 Å². The van der Waals surface area contributed by atoms with E-state index in [1.807, 2.05) is 0 Å². The summed E-state index contributed by atoms with van der Waals surface area (Å²) in [6.07, 6.45) is -5.75. The molecule has 0 saturated carbocycles. The Bertz CT molecular complexity index is 725. The molecule has 1 fully saturated rings. The molecule has 2 N–H and O–H groups in total. The number of methoxy groups -OCH3 is 2. The van der Waals surface area contributed by atoms with Crippen LogP contribution in [0.4, 0.5) is 0 Å². The van der Waals surface area contributed by atoms with Crippen LogP contribution < -0.4 is 5.73 Å². The van der Waals surface area contributed by atoms with Gasteiger partial charge in [-0.05, 0) is 0 Å². The molecule has 0 aromatic carbocycles. The van der Waals surface area contributed by atoms with E-state index < -0.39 is 72.7 Å². The Labute approximate surface area is 184 Å². The van der Waals surface area contributed by atoms with Crippen molar-refractivity contribution in [2.24, 2.45) is 5.73 Å². The zero-order chi connectivity index (χ0) is 24.6. The summed E-state index contributed by atoms with van der Waals surface area (Å²) in [4.78, 5) is 58.9. The molecule has 1 aliphatic heterocycles. The monoisotopic (exact) mass is 463 g/mol. The molecule has 0 spiro atoms. The summed E-state index contributed by atoms with van der Waals surface area (Å²) >= 11 is 0. The van der Waals surface area contributed by atoms with Crippen LogP contribution in [0.15, 0.2) is 0 Å². The molecule has 0 aliphatic carbocycles. The van der Waals surface area contributed by atoms with Crippen LogP contribution in [-0.2, 0) is 57.1 Å². The molecule has 32 heavy (non-hydrogen) atoms. The molecule has 13 heteroatoms. The van der Waals surface area contributed by atoms with Crippen molar-refractivity contribution in [3.8, 4) is 0 Å². The number of carbonyl (C=O) groups is 5.